The van der Waals surface area contributed by atoms with E-state index < -0.39 is 0 Å². The zero-order valence-electron chi connectivity index (χ0n) is 15.6. The Labute approximate surface area is 158 Å². The monoisotopic (exact) mass is 375 g/mol. The van der Waals surface area contributed by atoms with Crippen LogP contribution in [0, 0.1) is 0 Å². The number of amides is 1. The van der Waals surface area contributed by atoms with E-state index in [1.807, 2.05) is 11.0 Å². The third-order valence-corrected chi connectivity index (χ3v) is 5.41. The van der Waals surface area contributed by atoms with E-state index in [4.69, 9.17) is 18.4 Å². The predicted octanol–water partition coefficient (Wildman–Crippen LogP) is 2.17. The molecule has 1 amide bonds. The highest BCUT2D eigenvalue weighted by Crippen LogP contribution is 2.31. The number of morpholine rings is 1. The molecule has 1 unspecified atom stereocenters. The van der Waals surface area contributed by atoms with Gasteiger partial charge in [-0.2, -0.15) is 0 Å². The van der Waals surface area contributed by atoms with E-state index in [9.17, 15) is 4.79 Å². The van der Waals surface area contributed by atoms with Crippen molar-refractivity contribution in [3.05, 3.63) is 36.0 Å². The number of furan rings is 1. The van der Waals surface area contributed by atoms with Gasteiger partial charge in [0.1, 0.15) is 0 Å². The summed E-state index contributed by atoms with van der Waals surface area (Å²) in [6.07, 6.45) is 6.15. The number of nitrogens with zero attached hydrogens (tertiary/aromatic N) is 3. The molecule has 8 heteroatoms. The zero-order chi connectivity index (χ0) is 18.7. The molecule has 2 aromatic heterocycles. The fraction of sp³-hybridized carbons (Fsp3) is 0.579. The number of carbonyl (C=O) groups is 1. The van der Waals surface area contributed by atoms with E-state index in [1.54, 1.807) is 12.5 Å². The quantitative estimate of drug-likeness (QED) is 0.810. The van der Waals surface area contributed by atoms with E-state index in [1.165, 1.54) is 18.7 Å². The van der Waals surface area contributed by atoms with Gasteiger partial charge in [-0.1, -0.05) is 0 Å². The highest BCUT2D eigenvalue weighted by molar-refractivity contribution is 5.91. The van der Waals surface area contributed by atoms with Crippen LogP contribution in [-0.2, 0) is 11.3 Å². The minimum atomic E-state index is -0.198. The van der Waals surface area contributed by atoms with Gasteiger partial charge in [-0.25, -0.2) is 0 Å². The summed E-state index contributed by atoms with van der Waals surface area (Å²) in [4.78, 5) is 16.9. The highest BCUT2D eigenvalue weighted by atomic mass is 16.5. The van der Waals surface area contributed by atoms with Crippen molar-refractivity contribution in [2.75, 3.05) is 39.9 Å². The molecule has 1 spiro atoms. The van der Waals surface area contributed by atoms with Gasteiger partial charge in [-0.05, 0) is 30.5 Å². The summed E-state index contributed by atoms with van der Waals surface area (Å²) < 4.78 is 21.5. The van der Waals surface area contributed by atoms with E-state index in [2.05, 4.69) is 10.1 Å². The Morgan fingerprint density at radius 1 is 1.33 bits per heavy atom. The van der Waals surface area contributed by atoms with Gasteiger partial charge < -0.3 is 23.3 Å². The van der Waals surface area contributed by atoms with Crippen molar-refractivity contribution in [3.63, 3.8) is 0 Å². The molecular weight excluding hydrogens is 350 g/mol. The van der Waals surface area contributed by atoms with Gasteiger partial charge >= 0.3 is 0 Å². The molecule has 4 rings (SSSR count). The molecule has 2 aliphatic rings. The van der Waals surface area contributed by atoms with Crippen LogP contribution in [0.3, 0.4) is 0 Å². The number of methoxy groups -OCH3 is 1. The van der Waals surface area contributed by atoms with Gasteiger partial charge in [0.2, 0.25) is 5.76 Å². The molecule has 2 saturated heterocycles. The molecule has 2 fully saturated rings. The Morgan fingerprint density at radius 3 is 3.04 bits per heavy atom. The lowest BCUT2D eigenvalue weighted by Crippen LogP contribution is -2.51. The Hall–Kier alpha value is -2.32. The SMILES string of the molecule is COc1cc(C(=O)N2CCCC3(CC2)CN(Cc2ccoc2)CCO3)on1. The average Bonchev–Trinajstić information content (AvgIpc) is 3.32. The van der Waals surface area contributed by atoms with E-state index in [-0.39, 0.29) is 17.3 Å². The van der Waals surface area contributed by atoms with Crippen LogP contribution in [0.2, 0.25) is 0 Å². The molecule has 146 valence electrons. The molecular formula is C19H25N3O5. The summed E-state index contributed by atoms with van der Waals surface area (Å²) in [5.41, 5.74) is 0.979. The fourth-order valence-electron chi connectivity index (χ4n) is 3.98. The van der Waals surface area contributed by atoms with Gasteiger partial charge in [0.05, 0.1) is 37.9 Å². The Bertz CT molecular complexity index is 759. The highest BCUT2D eigenvalue weighted by Gasteiger charge is 2.39. The Kier molecular flexibility index (Phi) is 5.18. The number of hydrogen-bond donors (Lipinski definition) is 0. The summed E-state index contributed by atoms with van der Waals surface area (Å²) in [5, 5.41) is 3.72. The number of carbonyl (C=O) groups excluding carboxylic acids is 1. The topological polar surface area (TPSA) is 81.2 Å². The fourth-order valence-corrected chi connectivity index (χ4v) is 3.98. The molecule has 0 saturated carbocycles. The first-order valence-electron chi connectivity index (χ1n) is 9.35. The van der Waals surface area contributed by atoms with Crippen LogP contribution in [0.1, 0.15) is 35.4 Å². The first-order valence-corrected chi connectivity index (χ1v) is 9.35. The van der Waals surface area contributed by atoms with Crippen molar-refractivity contribution in [1.29, 1.82) is 0 Å². The van der Waals surface area contributed by atoms with Gasteiger partial charge in [0.25, 0.3) is 11.8 Å². The molecule has 4 heterocycles. The lowest BCUT2D eigenvalue weighted by Gasteiger charge is -2.42. The van der Waals surface area contributed by atoms with Crippen LogP contribution in [0.15, 0.2) is 33.6 Å². The molecule has 0 N–H and O–H groups in total. The number of hydrogen-bond acceptors (Lipinski definition) is 7. The van der Waals surface area contributed by atoms with E-state index in [0.717, 1.165) is 38.9 Å². The molecule has 0 bridgehead atoms. The Morgan fingerprint density at radius 2 is 2.26 bits per heavy atom. The molecule has 0 aliphatic carbocycles. The smallest absolute Gasteiger partial charge is 0.292 e. The van der Waals surface area contributed by atoms with Crippen LogP contribution < -0.4 is 4.74 Å². The zero-order valence-corrected chi connectivity index (χ0v) is 15.6. The largest absolute Gasteiger partial charge is 0.479 e. The van der Waals surface area contributed by atoms with Crippen molar-refractivity contribution in [1.82, 2.24) is 15.0 Å². The molecule has 8 nitrogen and oxygen atoms in total. The third kappa shape index (κ3) is 4.01. The number of ether oxygens (including phenoxy) is 2. The average molecular weight is 375 g/mol. The maximum Gasteiger partial charge on any atom is 0.292 e. The van der Waals surface area contributed by atoms with Gasteiger partial charge in [-0.15, -0.1) is 0 Å². The molecule has 2 aromatic rings. The minimum absolute atomic E-state index is 0.145. The minimum Gasteiger partial charge on any atom is -0.479 e. The van der Waals surface area contributed by atoms with Gasteiger partial charge in [-0.3, -0.25) is 9.69 Å². The molecule has 2 aliphatic heterocycles. The Balaban J connectivity index is 1.39. The third-order valence-electron chi connectivity index (χ3n) is 5.41. The van der Waals surface area contributed by atoms with Crippen molar-refractivity contribution in [2.24, 2.45) is 0 Å². The van der Waals surface area contributed by atoms with Crippen LogP contribution in [0.25, 0.3) is 0 Å². The second kappa shape index (κ2) is 7.74. The molecule has 1 atom stereocenters. The second-order valence-electron chi connectivity index (χ2n) is 7.25. The van der Waals surface area contributed by atoms with Crippen LogP contribution in [0.5, 0.6) is 5.88 Å². The first-order chi connectivity index (χ1) is 13.2. The van der Waals surface area contributed by atoms with Crippen LogP contribution in [-0.4, -0.2) is 66.4 Å². The summed E-state index contributed by atoms with van der Waals surface area (Å²) in [6.45, 7) is 4.69. The van der Waals surface area contributed by atoms with Crippen molar-refractivity contribution >= 4 is 5.91 Å². The lowest BCUT2D eigenvalue weighted by atomic mass is 9.92. The number of likely N-dealkylation sites (tertiary alicyclic amines) is 1. The van der Waals surface area contributed by atoms with Crippen molar-refractivity contribution < 1.29 is 23.2 Å². The predicted molar refractivity (Wildman–Crippen MR) is 95.5 cm³/mol. The van der Waals surface area contributed by atoms with Gasteiger partial charge in [0, 0.05) is 38.3 Å². The summed E-state index contributed by atoms with van der Waals surface area (Å²) >= 11 is 0. The normalized spacial score (nSPS) is 24.1. The lowest BCUT2D eigenvalue weighted by molar-refractivity contribution is -0.118. The van der Waals surface area contributed by atoms with E-state index in [0.29, 0.717) is 25.6 Å². The van der Waals surface area contributed by atoms with Crippen LogP contribution >= 0.6 is 0 Å². The standard InChI is InChI=1S/C19H25N3O5/c1-24-17-11-16(27-20-17)18(23)22-6-2-4-19(5-7-22)14-21(8-10-26-19)12-15-3-9-25-13-15/h3,9,11,13H,2,4-8,10,12,14H2,1H3. The summed E-state index contributed by atoms with van der Waals surface area (Å²) in [6, 6.07) is 3.54. The second-order valence-corrected chi connectivity index (χ2v) is 7.25. The number of rotatable bonds is 4. The molecule has 27 heavy (non-hydrogen) atoms. The number of aromatic nitrogens is 1. The molecule has 0 aromatic carbocycles. The van der Waals surface area contributed by atoms with E-state index >= 15 is 0 Å². The molecule has 0 radical (unpaired) electrons. The first kappa shape index (κ1) is 18.1. The van der Waals surface area contributed by atoms with Gasteiger partial charge in [0.15, 0.2) is 0 Å². The van der Waals surface area contributed by atoms with Crippen molar-refractivity contribution in [3.8, 4) is 5.88 Å². The van der Waals surface area contributed by atoms with Crippen LogP contribution in [0.4, 0.5) is 0 Å². The maximum absolute atomic E-state index is 12.7. The summed E-state index contributed by atoms with van der Waals surface area (Å²) in [7, 11) is 1.50. The van der Waals surface area contributed by atoms with Crippen molar-refractivity contribution in [2.45, 2.75) is 31.4 Å². The maximum atomic E-state index is 12.7. The summed E-state index contributed by atoms with van der Waals surface area (Å²) in [5.74, 6) is 0.387.